The maximum atomic E-state index is 4.08. The molecule has 2 aliphatic rings. The van der Waals surface area contributed by atoms with E-state index in [1.54, 1.807) is 0 Å². The van der Waals surface area contributed by atoms with E-state index in [4.69, 9.17) is 0 Å². The fourth-order valence-electron chi connectivity index (χ4n) is 3.89. The van der Waals surface area contributed by atoms with E-state index >= 15 is 0 Å². The molecule has 4 atom stereocenters. The predicted molar refractivity (Wildman–Crippen MR) is 72.1 cm³/mol. The lowest BCUT2D eigenvalue weighted by atomic mass is 9.76. The fourth-order valence-corrected chi connectivity index (χ4v) is 3.89. The first-order valence-electron chi connectivity index (χ1n) is 6.70. The lowest BCUT2D eigenvalue weighted by Crippen LogP contribution is -2.44. The lowest BCUT2D eigenvalue weighted by molar-refractivity contribution is 0.124. The first-order valence-corrected chi connectivity index (χ1v) is 6.70. The van der Waals surface area contributed by atoms with Gasteiger partial charge in [0.05, 0.1) is 0 Å². The van der Waals surface area contributed by atoms with E-state index < -0.39 is 0 Å². The lowest BCUT2D eigenvalue weighted by Gasteiger charge is -2.42. The third kappa shape index (κ3) is 1.73. The van der Waals surface area contributed by atoms with Gasteiger partial charge in [-0.1, -0.05) is 36.4 Å². The number of benzene rings is 1. The zero-order valence-electron chi connectivity index (χ0n) is 10.5. The van der Waals surface area contributed by atoms with Crippen molar-refractivity contribution in [3.05, 3.63) is 48.6 Å². The van der Waals surface area contributed by atoms with Crippen LogP contribution in [-0.2, 0) is 0 Å². The Morgan fingerprint density at radius 1 is 1.24 bits per heavy atom. The second kappa shape index (κ2) is 4.30. The van der Waals surface area contributed by atoms with Crippen molar-refractivity contribution in [1.29, 1.82) is 0 Å². The van der Waals surface area contributed by atoms with E-state index in [0.717, 1.165) is 12.1 Å². The molecule has 0 N–H and O–H groups in total. The van der Waals surface area contributed by atoms with Gasteiger partial charge in [-0.15, -0.1) is 6.58 Å². The summed E-state index contributed by atoms with van der Waals surface area (Å²) in [7, 11) is 2.29. The number of rotatable bonds is 2. The summed E-state index contributed by atoms with van der Waals surface area (Å²) in [5, 5.41) is 0. The van der Waals surface area contributed by atoms with E-state index in [1.165, 1.54) is 24.8 Å². The number of hydrogen-bond donors (Lipinski definition) is 0. The van der Waals surface area contributed by atoms with Gasteiger partial charge in [-0.05, 0) is 43.7 Å². The van der Waals surface area contributed by atoms with E-state index in [0.29, 0.717) is 11.8 Å². The highest BCUT2D eigenvalue weighted by Crippen LogP contribution is 2.46. The molecular weight excluding hydrogens is 206 g/mol. The summed E-state index contributed by atoms with van der Waals surface area (Å²) >= 11 is 0. The maximum Gasteiger partial charge on any atom is 0.0164 e. The van der Waals surface area contributed by atoms with Gasteiger partial charge in [0.25, 0.3) is 0 Å². The van der Waals surface area contributed by atoms with Crippen molar-refractivity contribution in [1.82, 2.24) is 4.90 Å². The molecule has 0 radical (unpaired) electrons. The molecule has 2 heterocycles. The van der Waals surface area contributed by atoms with Crippen LogP contribution in [0.4, 0.5) is 0 Å². The van der Waals surface area contributed by atoms with E-state index in [1.807, 2.05) is 0 Å². The normalized spacial score (nSPS) is 37.0. The molecule has 0 amide bonds. The van der Waals surface area contributed by atoms with Crippen LogP contribution in [0, 0.1) is 5.92 Å². The monoisotopic (exact) mass is 227 g/mol. The van der Waals surface area contributed by atoms with Gasteiger partial charge in [0.1, 0.15) is 0 Å². The quantitative estimate of drug-likeness (QED) is 0.700. The molecule has 1 heteroatoms. The number of hydrogen-bond acceptors (Lipinski definition) is 1. The predicted octanol–water partition coefficient (Wildman–Crippen LogP) is 3.44. The average molecular weight is 227 g/mol. The minimum atomic E-state index is 0.626. The maximum absolute atomic E-state index is 4.08. The molecule has 2 aliphatic heterocycles. The van der Waals surface area contributed by atoms with Crippen LogP contribution >= 0.6 is 0 Å². The van der Waals surface area contributed by atoms with Crippen molar-refractivity contribution < 1.29 is 0 Å². The van der Waals surface area contributed by atoms with Gasteiger partial charge >= 0.3 is 0 Å². The summed E-state index contributed by atoms with van der Waals surface area (Å²) in [6, 6.07) is 12.5. The third-order valence-corrected chi connectivity index (χ3v) is 4.83. The van der Waals surface area contributed by atoms with Crippen LogP contribution in [0.1, 0.15) is 30.7 Å². The molecule has 1 nitrogen and oxygen atoms in total. The molecule has 0 aromatic heterocycles. The number of nitrogens with zero attached hydrogens (tertiary/aromatic N) is 1. The molecule has 0 saturated carbocycles. The largest absolute Gasteiger partial charge is 0.300 e. The molecule has 3 rings (SSSR count). The Hall–Kier alpha value is -1.08. The first-order chi connectivity index (χ1) is 8.31. The van der Waals surface area contributed by atoms with Crippen LogP contribution in [0.15, 0.2) is 43.0 Å². The fraction of sp³-hybridized carbons (Fsp3) is 0.500. The molecule has 2 bridgehead atoms. The second-order valence-electron chi connectivity index (χ2n) is 5.53. The number of piperidine rings is 1. The zero-order valence-corrected chi connectivity index (χ0v) is 10.5. The van der Waals surface area contributed by atoms with E-state index in [2.05, 4.69) is 54.9 Å². The molecule has 0 aliphatic carbocycles. The summed E-state index contributed by atoms with van der Waals surface area (Å²) in [6.45, 7) is 4.08. The Morgan fingerprint density at radius 2 is 2.00 bits per heavy atom. The highest BCUT2D eigenvalue weighted by atomic mass is 15.2. The van der Waals surface area contributed by atoms with Gasteiger partial charge in [-0.3, -0.25) is 4.90 Å². The highest BCUT2D eigenvalue weighted by molar-refractivity contribution is 5.25. The standard InChI is InChI=1S/C16H21N/c1-3-14-15(12-7-5-4-6-8-12)11-13-9-10-16(14)17(13)2/h3-8,13-16H,1,9-11H2,2H3. The van der Waals surface area contributed by atoms with Gasteiger partial charge in [0, 0.05) is 12.1 Å². The molecule has 17 heavy (non-hydrogen) atoms. The summed E-state index contributed by atoms with van der Waals surface area (Å²) < 4.78 is 0. The minimum Gasteiger partial charge on any atom is -0.300 e. The van der Waals surface area contributed by atoms with Gasteiger partial charge < -0.3 is 0 Å². The number of fused-ring (bicyclic) bond motifs is 2. The Morgan fingerprint density at radius 3 is 2.71 bits per heavy atom. The van der Waals surface area contributed by atoms with Crippen LogP contribution in [0.25, 0.3) is 0 Å². The minimum absolute atomic E-state index is 0.626. The zero-order chi connectivity index (χ0) is 11.8. The molecule has 1 aromatic rings. The van der Waals surface area contributed by atoms with Crippen LogP contribution in [0.2, 0.25) is 0 Å². The van der Waals surface area contributed by atoms with Crippen LogP contribution in [0.5, 0.6) is 0 Å². The molecule has 1 aromatic carbocycles. The summed E-state index contributed by atoms with van der Waals surface area (Å²) in [5.74, 6) is 1.31. The molecule has 4 unspecified atom stereocenters. The molecular formula is C16H21N. The van der Waals surface area contributed by atoms with Gasteiger partial charge in [0.2, 0.25) is 0 Å². The van der Waals surface area contributed by atoms with Crippen molar-refractivity contribution >= 4 is 0 Å². The summed E-state index contributed by atoms with van der Waals surface area (Å²) in [4.78, 5) is 2.59. The Kier molecular flexibility index (Phi) is 2.79. The average Bonchev–Trinajstić information content (AvgIpc) is 2.64. The van der Waals surface area contributed by atoms with Crippen LogP contribution in [0.3, 0.4) is 0 Å². The Bertz CT molecular complexity index is 397. The smallest absolute Gasteiger partial charge is 0.0164 e. The molecule has 2 saturated heterocycles. The van der Waals surface area contributed by atoms with Crippen molar-refractivity contribution in [2.45, 2.75) is 37.3 Å². The van der Waals surface area contributed by atoms with Crippen LogP contribution in [-0.4, -0.2) is 24.0 Å². The van der Waals surface area contributed by atoms with Gasteiger partial charge in [-0.2, -0.15) is 0 Å². The van der Waals surface area contributed by atoms with E-state index in [9.17, 15) is 0 Å². The molecule has 0 spiro atoms. The van der Waals surface area contributed by atoms with Gasteiger partial charge in [-0.25, -0.2) is 0 Å². The van der Waals surface area contributed by atoms with Crippen LogP contribution < -0.4 is 0 Å². The first kappa shape index (κ1) is 11.0. The SMILES string of the molecule is C=CC1C(c2ccccc2)CC2CCC1N2C. The van der Waals surface area contributed by atoms with Crippen molar-refractivity contribution in [2.75, 3.05) is 7.05 Å². The van der Waals surface area contributed by atoms with E-state index in [-0.39, 0.29) is 0 Å². The molecule has 2 fully saturated rings. The van der Waals surface area contributed by atoms with Gasteiger partial charge in [0.15, 0.2) is 0 Å². The summed E-state index contributed by atoms with van der Waals surface area (Å²) in [6.07, 6.45) is 6.21. The Balaban J connectivity index is 1.93. The summed E-state index contributed by atoms with van der Waals surface area (Å²) in [5.41, 5.74) is 1.50. The second-order valence-corrected chi connectivity index (χ2v) is 5.53. The third-order valence-electron chi connectivity index (χ3n) is 4.83. The van der Waals surface area contributed by atoms with Crippen molar-refractivity contribution in [3.8, 4) is 0 Å². The highest BCUT2D eigenvalue weighted by Gasteiger charge is 2.44. The molecule has 90 valence electrons. The topological polar surface area (TPSA) is 3.24 Å². The van der Waals surface area contributed by atoms with Crippen molar-refractivity contribution in [2.24, 2.45) is 5.92 Å². The Labute approximate surface area is 104 Å². The van der Waals surface area contributed by atoms with Crippen molar-refractivity contribution in [3.63, 3.8) is 0 Å².